The van der Waals surface area contributed by atoms with E-state index in [4.69, 9.17) is 10.7 Å². The molecular weight excluding hydrogens is 455 g/mol. The number of nitrogens with zero attached hydrogens (tertiary/aromatic N) is 5. The fourth-order valence-corrected chi connectivity index (χ4v) is 4.78. The zero-order valence-electron chi connectivity index (χ0n) is 19.1. The topological polar surface area (TPSA) is 112 Å². The van der Waals surface area contributed by atoms with Gasteiger partial charge in [0.2, 0.25) is 0 Å². The highest BCUT2D eigenvalue weighted by Crippen LogP contribution is 2.35. The molecule has 4 aromatic heterocycles. The Balaban J connectivity index is 1.31. The van der Waals surface area contributed by atoms with Crippen molar-refractivity contribution < 1.29 is 4.39 Å². The third-order valence-electron chi connectivity index (χ3n) is 6.62. The fourth-order valence-electron chi connectivity index (χ4n) is 4.78. The summed E-state index contributed by atoms with van der Waals surface area (Å²) in [6.45, 7) is 1.54. The molecule has 6 aromatic rings. The van der Waals surface area contributed by atoms with Gasteiger partial charge in [-0.15, -0.1) is 0 Å². The van der Waals surface area contributed by atoms with E-state index in [1.165, 1.54) is 6.07 Å². The van der Waals surface area contributed by atoms with Gasteiger partial charge in [-0.25, -0.2) is 9.37 Å². The normalized spacial score (nSPS) is 14.0. The van der Waals surface area contributed by atoms with E-state index in [2.05, 4.69) is 36.1 Å². The largest absolute Gasteiger partial charge is 0.353 e. The van der Waals surface area contributed by atoms with Crippen LogP contribution in [0.2, 0.25) is 0 Å². The van der Waals surface area contributed by atoms with Crippen molar-refractivity contribution >= 4 is 27.6 Å². The van der Waals surface area contributed by atoms with Gasteiger partial charge < -0.3 is 15.6 Å². The molecule has 1 fully saturated rings. The lowest BCUT2D eigenvalue weighted by atomic mass is 10.0. The van der Waals surface area contributed by atoms with Crippen molar-refractivity contribution in [1.82, 2.24) is 30.1 Å². The molecule has 0 saturated carbocycles. The number of anilines is 1. The molecule has 0 spiro atoms. The zero-order chi connectivity index (χ0) is 24.2. The summed E-state index contributed by atoms with van der Waals surface area (Å²) in [6.07, 6.45) is 5.22. The van der Waals surface area contributed by atoms with Gasteiger partial charge in [-0.3, -0.25) is 15.1 Å². The predicted molar refractivity (Wildman–Crippen MR) is 138 cm³/mol. The first-order valence-electron chi connectivity index (χ1n) is 11.7. The van der Waals surface area contributed by atoms with Gasteiger partial charge >= 0.3 is 0 Å². The Labute approximate surface area is 205 Å². The van der Waals surface area contributed by atoms with E-state index >= 15 is 0 Å². The molecule has 1 saturated heterocycles. The van der Waals surface area contributed by atoms with E-state index < -0.39 is 0 Å². The van der Waals surface area contributed by atoms with Crippen LogP contribution >= 0.6 is 0 Å². The summed E-state index contributed by atoms with van der Waals surface area (Å²) in [5, 5.41) is 9.56. The number of aromatic amines is 2. The molecule has 1 aliphatic heterocycles. The minimum Gasteiger partial charge on any atom is -0.353 e. The fraction of sp³-hybridized carbons (Fsp3) is 0.111. The number of H-pyrrole nitrogens is 2. The van der Waals surface area contributed by atoms with Gasteiger partial charge in [0, 0.05) is 35.4 Å². The molecule has 5 heterocycles. The molecule has 0 atom stereocenters. The van der Waals surface area contributed by atoms with Gasteiger partial charge in [0.15, 0.2) is 0 Å². The third-order valence-corrected chi connectivity index (χ3v) is 6.62. The van der Waals surface area contributed by atoms with Crippen molar-refractivity contribution in [3.8, 4) is 33.9 Å². The molecule has 8 nitrogen and oxygen atoms in total. The SMILES string of the molecule is NC1CN(c2cncc(-c3cc4c(-c5cc6c(-c7cccc(F)c7)cccc6[nH]5)n[nH]c4cn3)n2)C1. The lowest BCUT2D eigenvalue weighted by Gasteiger charge is -2.37. The molecule has 7 rings (SSSR count). The monoisotopic (exact) mass is 476 g/mol. The van der Waals surface area contributed by atoms with E-state index in [-0.39, 0.29) is 11.9 Å². The highest BCUT2D eigenvalue weighted by Gasteiger charge is 2.25. The van der Waals surface area contributed by atoms with Gasteiger partial charge in [0.25, 0.3) is 0 Å². The van der Waals surface area contributed by atoms with Crippen LogP contribution in [-0.4, -0.2) is 49.3 Å². The van der Waals surface area contributed by atoms with Crippen molar-refractivity contribution in [3.63, 3.8) is 0 Å². The van der Waals surface area contributed by atoms with Crippen LogP contribution in [0, 0.1) is 5.82 Å². The Bertz CT molecular complexity index is 1750. The van der Waals surface area contributed by atoms with Gasteiger partial charge in [-0.1, -0.05) is 24.3 Å². The summed E-state index contributed by atoms with van der Waals surface area (Å²) in [4.78, 5) is 19.3. The summed E-state index contributed by atoms with van der Waals surface area (Å²) < 4.78 is 13.9. The molecule has 176 valence electrons. The minimum absolute atomic E-state index is 0.177. The standard InChI is InChI=1S/C27H21FN8/c28-16-4-1-3-15(7-16)18-5-2-6-21-19(18)8-23(32-21)27-20-9-22(31-11-24(20)34-35-27)25-10-30-12-26(33-25)36-13-17(29)14-36/h1-12,17,32H,13-14,29H2,(H,34,35). The second kappa shape index (κ2) is 7.96. The summed E-state index contributed by atoms with van der Waals surface area (Å²) in [6, 6.07) is 16.8. The van der Waals surface area contributed by atoms with Gasteiger partial charge in [0.05, 0.1) is 35.5 Å². The second-order valence-electron chi connectivity index (χ2n) is 9.08. The molecule has 0 aliphatic carbocycles. The number of rotatable bonds is 4. The first kappa shape index (κ1) is 20.7. The maximum absolute atomic E-state index is 13.9. The molecular formula is C27H21FN8. The first-order chi connectivity index (χ1) is 17.6. The molecule has 2 aromatic carbocycles. The van der Waals surface area contributed by atoms with E-state index in [9.17, 15) is 4.39 Å². The number of benzene rings is 2. The van der Waals surface area contributed by atoms with Crippen molar-refractivity contribution in [1.29, 1.82) is 0 Å². The summed E-state index contributed by atoms with van der Waals surface area (Å²) in [5.74, 6) is 0.534. The van der Waals surface area contributed by atoms with Crippen molar-refractivity contribution in [3.05, 3.63) is 79.0 Å². The van der Waals surface area contributed by atoms with Crippen molar-refractivity contribution in [2.45, 2.75) is 6.04 Å². The molecule has 0 bridgehead atoms. The van der Waals surface area contributed by atoms with Gasteiger partial charge in [-0.2, -0.15) is 5.10 Å². The number of nitrogens with two attached hydrogens (primary N) is 1. The average Bonchev–Trinajstić information content (AvgIpc) is 3.50. The summed E-state index contributed by atoms with van der Waals surface area (Å²) >= 11 is 0. The minimum atomic E-state index is -0.261. The first-order valence-corrected chi connectivity index (χ1v) is 11.7. The number of aromatic nitrogens is 6. The zero-order valence-corrected chi connectivity index (χ0v) is 19.1. The van der Waals surface area contributed by atoms with Crippen LogP contribution in [0.1, 0.15) is 0 Å². The summed E-state index contributed by atoms with van der Waals surface area (Å²) in [5.41, 5.74) is 12.5. The molecule has 0 amide bonds. The molecule has 9 heteroatoms. The van der Waals surface area contributed by atoms with Crippen LogP contribution in [0.15, 0.2) is 73.2 Å². The highest BCUT2D eigenvalue weighted by molar-refractivity contribution is 6.01. The van der Waals surface area contributed by atoms with Gasteiger partial charge in [0.1, 0.15) is 23.0 Å². The third kappa shape index (κ3) is 3.40. The van der Waals surface area contributed by atoms with Crippen LogP contribution in [0.5, 0.6) is 0 Å². The Morgan fingerprint density at radius 1 is 0.917 bits per heavy atom. The molecule has 0 radical (unpaired) electrons. The van der Waals surface area contributed by atoms with Crippen LogP contribution in [0.25, 0.3) is 55.7 Å². The predicted octanol–water partition coefficient (Wildman–Crippen LogP) is 4.52. The number of halogens is 1. The average molecular weight is 477 g/mol. The maximum Gasteiger partial charge on any atom is 0.147 e. The van der Waals surface area contributed by atoms with Crippen LogP contribution in [0.3, 0.4) is 0 Å². The number of fused-ring (bicyclic) bond motifs is 2. The van der Waals surface area contributed by atoms with Crippen molar-refractivity contribution in [2.24, 2.45) is 5.73 Å². The highest BCUT2D eigenvalue weighted by atomic mass is 19.1. The molecule has 4 N–H and O–H groups in total. The van der Waals surface area contributed by atoms with Crippen LogP contribution < -0.4 is 10.6 Å². The van der Waals surface area contributed by atoms with Crippen molar-refractivity contribution in [2.75, 3.05) is 18.0 Å². The number of hydrogen-bond acceptors (Lipinski definition) is 6. The van der Waals surface area contributed by atoms with Crippen LogP contribution in [0.4, 0.5) is 10.2 Å². The second-order valence-corrected chi connectivity index (χ2v) is 9.08. The van der Waals surface area contributed by atoms with E-state index in [1.54, 1.807) is 30.7 Å². The lowest BCUT2D eigenvalue weighted by molar-refractivity contribution is 0.514. The molecule has 36 heavy (non-hydrogen) atoms. The Morgan fingerprint density at radius 3 is 2.67 bits per heavy atom. The number of pyridine rings is 1. The Kier molecular flexibility index (Phi) is 4.58. The molecule has 1 aliphatic rings. The lowest BCUT2D eigenvalue weighted by Crippen LogP contribution is -2.56. The van der Waals surface area contributed by atoms with E-state index in [0.29, 0.717) is 11.4 Å². The van der Waals surface area contributed by atoms with E-state index in [1.807, 2.05) is 30.3 Å². The van der Waals surface area contributed by atoms with E-state index in [0.717, 1.165) is 63.2 Å². The smallest absolute Gasteiger partial charge is 0.147 e. The van der Waals surface area contributed by atoms with Crippen LogP contribution in [-0.2, 0) is 0 Å². The number of hydrogen-bond donors (Lipinski definition) is 3. The quantitative estimate of drug-likeness (QED) is 0.345. The molecule has 0 unspecified atom stereocenters. The maximum atomic E-state index is 13.9. The summed E-state index contributed by atoms with van der Waals surface area (Å²) in [7, 11) is 0. The Morgan fingerprint density at radius 2 is 1.81 bits per heavy atom. The Hall–Kier alpha value is -4.63. The van der Waals surface area contributed by atoms with Gasteiger partial charge in [-0.05, 0) is 41.5 Å². The number of nitrogens with one attached hydrogen (secondary N) is 2.